The molecule has 4 aromatic carbocycles. The Bertz CT molecular complexity index is 1330. The van der Waals surface area contributed by atoms with Crippen molar-refractivity contribution in [2.24, 2.45) is 11.8 Å². The van der Waals surface area contributed by atoms with Gasteiger partial charge in [0.1, 0.15) is 0 Å². The lowest BCUT2D eigenvalue weighted by atomic mass is 9.96. The summed E-state index contributed by atoms with van der Waals surface area (Å²) in [5.74, 6) is 1.39. The van der Waals surface area contributed by atoms with E-state index < -0.39 is 8.07 Å². The number of hydrogen-bond acceptors (Lipinski definition) is 0. The Morgan fingerprint density at radius 2 is 0.919 bits per heavy atom. The quantitative estimate of drug-likeness (QED) is 0.245. The molecule has 4 aromatic rings. The zero-order valence-corrected chi connectivity index (χ0v) is 24.3. The molecule has 0 nitrogen and oxygen atoms in total. The van der Waals surface area contributed by atoms with E-state index in [1.807, 2.05) is 0 Å². The highest BCUT2D eigenvalue weighted by Gasteiger charge is 2.51. The lowest BCUT2D eigenvalue weighted by molar-refractivity contribution is 0.543. The first-order valence-electron chi connectivity index (χ1n) is 14.1. The fourth-order valence-corrected chi connectivity index (χ4v) is 13.9. The van der Waals surface area contributed by atoms with E-state index >= 15 is 0 Å². The fourth-order valence-electron chi connectivity index (χ4n) is 8.21. The van der Waals surface area contributed by atoms with Gasteiger partial charge in [-0.25, -0.2) is 0 Å². The van der Waals surface area contributed by atoms with Crippen LogP contribution in [0.25, 0.3) is 22.3 Å². The van der Waals surface area contributed by atoms with E-state index in [9.17, 15) is 0 Å². The summed E-state index contributed by atoms with van der Waals surface area (Å²) in [7, 11) is -1.73. The van der Waals surface area contributed by atoms with Gasteiger partial charge in [-0.05, 0) is 94.1 Å². The molecule has 37 heavy (non-hydrogen) atoms. The highest BCUT2D eigenvalue weighted by Crippen LogP contribution is 2.55. The van der Waals surface area contributed by atoms with Gasteiger partial charge in [0.2, 0.25) is 0 Å². The van der Waals surface area contributed by atoms with Gasteiger partial charge < -0.3 is 0 Å². The second-order valence-corrected chi connectivity index (χ2v) is 17.5. The number of aryl methyl sites for hydroxylation is 2. The van der Waals surface area contributed by atoms with Crippen molar-refractivity contribution in [3.05, 3.63) is 118 Å². The molecule has 188 valence electrons. The molecule has 0 saturated carbocycles. The maximum Gasteiger partial charge on any atom is 0.0634 e. The minimum atomic E-state index is -1.73. The summed E-state index contributed by atoms with van der Waals surface area (Å²) in [6, 6.07) is 32.6. The van der Waals surface area contributed by atoms with Crippen LogP contribution in [0.15, 0.2) is 84.9 Å². The second-order valence-electron chi connectivity index (χ2n) is 12.6. The maximum absolute atomic E-state index is 2.70. The van der Waals surface area contributed by atoms with Gasteiger partial charge >= 0.3 is 0 Å². The Labute approximate surface area is 224 Å². The Morgan fingerprint density at radius 1 is 0.541 bits per heavy atom. The first-order valence-corrected chi connectivity index (χ1v) is 17.3. The van der Waals surface area contributed by atoms with Crippen LogP contribution in [0.3, 0.4) is 0 Å². The van der Waals surface area contributed by atoms with Crippen molar-refractivity contribution in [3.8, 4) is 22.3 Å². The third-order valence-electron chi connectivity index (χ3n) is 9.61. The Morgan fingerprint density at radius 3 is 1.30 bits per heavy atom. The summed E-state index contributed by atoms with van der Waals surface area (Å²) in [5, 5.41) is 0. The lowest BCUT2D eigenvalue weighted by Gasteiger charge is -2.41. The van der Waals surface area contributed by atoms with Crippen LogP contribution < -0.4 is 0 Å². The van der Waals surface area contributed by atoms with Crippen molar-refractivity contribution in [1.82, 2.24) is 0 Å². The van der Waals surface area contributed by atoms with Gasteiger partial charge in [-0.2, -0.15) is 0 Å². The summed E-state index contributed by atoms with van der Waals surface area (Å²) in [5.41, 5.74) is 16.2. The van der Waals surface area contributed by atoms with Crippen LogP contribution in [-0.2, 0) is 12.8 Å². The van der Waals surface area contributed by atoms with Crippen molar-refractivity contribution in [1.29, 1.82) is 0 Å². The van der Waals surface area contributed by atoms with E-state index in [2.05, 4.69) is 126 Å². The monoisotopic (exact) mass is 500 g/mol. The lowest BCUT2D eigenvalue weighted by Crippen LogP contribution is -2.45. The average Bonchev–Trinajstić information content (AvgIpc) is 3.41. The molecule has 0 radical (unpaired) electrons. The van der Waals surface area contributed by atoms with E-state index in [-0.39, 0.29) is 0 Å². The molecule has 0 fully saturated rings. The largest absolute Gasteiger partial charge is 0.0684 e. The fraction of sp³-hybridized carbons (Fsp3) is 0.333. The topological polar surface area (TPSA) is 0 Å². The maximum atomic E-state index is 2.70. The SMILES string of the molecule is Cc1ccc(-c2cccc3c2CC(C)C3[Si](C)(C)C2c3cccc(-c4ccc(C)cc4)c3CC2C)cc1. The molecule has 0 aromatic heterocycles. The predicted molar refractivity (Wildman–Crippen MR) is 162 cm³/mol. The molecule has 0 N–H and O–H groups in total. The summed E-state index contributed by atoms with van der Waals surface area (Å²) < 4.78 is 0. The molecule has 0 saturated heterocycles. The molecule has 0 aliphatic heterocycles. The van der Waals surface area contributed by atoms with Gasteiger partial charge in [-0.15, -0.1) is 0 Å². The van der Waals surface area contributed by atoms with Crippen molar-refractivity contribution < 1.29 is 0 Å². The van der Waals surface area contributed by atoms with E-state index in [1.165, 1.54) is 46.2 Å². The number of hydrogen-bond donors (Lipinski definition) is 0. The Kier molecular flexibility index (Phi) is 6.03. The van der Waals surface area contributed by atoms with Crippen molar-refractivity contribution in [2.45, 2.75) is 64.7 Å². The normalized spacial score (nSPS) is 22.6. The summed E-state index contributed by atoms with van der Waals surface area (Å²) >= 11 is 0. The molecular formula is C36H40Si. The van der Waals surface area contributed by atoms with Crippen LogP contribution in [0.2, 0.25) is 13.1 Å². The average molecular weight is 501 g/mol. The molecule has 2 aliphatic carbocycles. The molecule has 0 bridgehead atoms. The summed E-state index contributed by atoms with van der Waals surface area (Å²) in [6.45, 7) is 14.8. The zero-order chi connectivity index (χ0) is 25.9. The number of rotatable bonds is 4. The van der Waals surface area contributed by atoms with Crippen LogP contribution in [0.4, 0.5) is 0 Å². The van der Waals surface area contributed by atoms with Gasteiger partial charge in [0.05, 0.1) is 8.07 Å². The van der Waals surface area contributed by atoms with Crippen molar-refractivity contribution in [2.75, 3.05) is 0 Å². The molecule has 0 heterocycles. The first kappa shape index (κ1) is 24.4. The van der Waals surface area contributed by atoms with Crippen LogP contribution in [0, 0.1) is 25.7 Å². The van der Waals surface area contributed by atoms with Crippen LogP contribution in [-0.4, -0.2) is 8.07 Å². The van der Waals surface area contributed by atoms with Crippen LogP contribution in [0.1, 0.15) is 58.3 Å². The van der Waals surface area contributed by atoms with E-state index in [0.717, 1.165) is 0 Å². The van der Waals surface area contributed by atoms with E-state index in [0.29, 0.717) is 22.9 Å². The van der Waals surface area contributed by atoms with Crippen LogP contribution >= 0.6 is 0 Å². The minimum Gasteiger partial charge on any atom is -0.0684 e. The standard InChI is InChI=1S/C36H40Si/c1-23-13-17-27(18-14-23)29-9-7-11-31-33(29)21-25(3)35(31)37(5,6)36-26(4)22-34-30(10-8-12-32(34)36)28-19-15-24(2)16-20-28/h7-20,25-26,35-36H,21-22H2,1-6H3. The molecule has 0 spiro atoms. The Balaban J connectivity index is 1.42. The third kappa shape index (κ3) is 4.03. The summed E-state index contributed by atoms with van der Waals surface area (Å²) in [4.78, 5) is 0. The van der Waals surface area contributed by atoms with Crippen molar-refractivity contribution >= 4 is 8.07 Å². The minimum absolute atomic E-state index is 0.689. The molecule has 0 amide bonds. The zero-order valence-electron chi connectivity index (χ0n) is 23.3. The molecule has 4 unspecified atom stereocenters. The summed E-state index contributed by atoms with van der Waals surface area (Å²) in [6.07, 6.45) is 2.41. The molecule has 2 aliphatic rings. The molecule has 1 heteroatoms. The first-order chi connectivity index (χ1) is 17.8. The predicted octanol–water partition coefficient (Wildman–Crippen LogP) is 9.68. The molecular weight excluding hydrogens is 460 g/mol. The Hall–Kier alpha value is -2.90. The van der Waals surface area contributed by atoms with Gasteiger partial charge in [0.25, 0.3) is 0 Å². The number of fused-ring (bicyclic) bond motifs is 2. The second kappa shape index (κ2) is 9.13. The van der Waals surface area contributed by atoms with E-state index in [4.69, 9.17) is 0 Å². The molecule has 6 rings (SSSR count). The van der Waals surface area contributed by atoms with Gasteiger partial charge in [-0.3, -0.25) is 0 Å². The van der Waals surface area contributed by atoms with Gasteiger partial charge in [0.15, 0.2) is 0 Å². The number of benzene rings is 4. The molecule has 4 atom stereocenters. The third-order valence-corrected chi connectivity index (χ3v) is 14.6. The van der Waals surface area contributed by atoms with E-state index in [1.54, 1.807) is 22.3 Å². The van der Waals surface area contributed by atoms with Gasteiger partial charge in [-0.1, -0.05) is 123 Å². The smallest absolute Gasteiger partial charge is 0.0634 e. The van der Waals surface area contributed by atoms with Gasteiger partial charge in [0, 0.05) is 0 Å². The van der Waals surface area contributed by atoms with Crippen molar-refractivity contribution in [3.63, 3.8) is 0 Å². The van der Waals surface area contributed by atoms with Crippen LogP contribution in [0.5, 0.6) is 0 Å². The highest BCUT2D eigenvalue weighted by molar-refractivity contribution is 6.80. The highest BCUT2D eigenvalue weighted by atomic mass is 28.3.